The van der Waals surface area contributed by atoms with Gasteiger partial charge in [0.05, 0.1) is 6.61 Å². The molecule has 0 bridgehead atoms. The Hall–Kier alpha value is -1.61. The van der Waals surface area contributed by atoms with E-state index in [1.54, 1.807) is 13.0 Å². The number of carbonyl (C=O) groups excluding carboxylic acids is 1. The number of ether oxygens (including phenoxy) is 1. The summed E-state index contributed by atoms with van der Waals surface area (Å²) in [5.74, 6) is -0.0759. The second kappa shape index (κ2) is 7.25. The van der Waals surface area contributed by atoms with Crippen LogP contribution in [0.1, 0.15) is 37.3 Å². The van der Waals surface area contributed by atoms with Gasteiger partial charge in [-0.15, -0.1) is 6.58 Å². The lowest BCUT2D eigenvalue weighted by atomic mass is 9.90. The summed E-state index contributed by atoms with van der Waals surface area (Å²) in [6.45, 7) is 5.96. The fraction of sp³-hybridized carbons (Fsp3) is 0.471. The van der Waals surface area contributed by atoms with E-state index in [1.165, 1.54) is 24.0 Å². The van der Waals surface area contributed by atoms with Crippen LogP contribution in [0.25, 0.3) is 0 Å². The molecule has 0 saturated carbocycles. The number of aryl methyl sites for hydroxylation is 1. The molecule has 1 aromatic rings. The standard InChI is InChI=1S/C17H23NO2/c1-3-4-12-20-13(2)17(19)18-16-11-7-9-14-8-5-6-10-15(14)16/h3,7,9,11,13H,1,4-6,8,10,12H2,2H3,(H,18,19)/t13-/m0/s1. The van der Waals surface area contributed by atoms with Crippen molar-refractivity contribution in [2.75, 3.05) is 11.9 Å². The Morgan fingerprint density at radius 1 is 1.45 bits per heavy atom. The molecule has 0 spiro atoms. The third kappa shape index (κ3) is 3.70. The molecule has 1 N–H and O–H groups in total. The normalized spacial score (nSPS) is 15.2. The molecule has 1 aliphatic rings. The maximum Gasteiger partial charge on any atom is 0.253 e. The summed E-state index contributed by atoms with van der Waals surface area (Å²) < 4.78 is 5.48. The minimum atomic E-state index is -0.436. The quantitative estimate of drug-likeness (QED) is 0.636. The number of carbonyl (C=O) groups is 1. The number of hydrogen-bond acceptors (Lipinski definition) is 2. The number of anilines is 1. The fourth-order valence-electron chi connectivity index (χ4n) is 2.54. The fourth-order valence-corrected chi connectivity index (χ4v) is 2.54. The smallest absolute Gasteiger partial charge is 0.253 e. The van der Waals surface area contributed by atoms with Gasteiger partial charge in [0.15, 0.2) is 0 Å². The van der Waals surface area contributed by atoms with Crippen LogP contribution >= 0.6 is 0 Å². The summed E-state index contributed by atoms with van der Waals surface area (Å²) in [5, 5.41) is 3.01. The Morgan fingerprint density at radius 3 is 3.05 bits per heavy atom. The molecule has 0 aromatic heterocycles. The summed E-state index contributed by atoms with van der Waals surface area (Å²) in [6, 6.07) is 6.16. The van der Waals surface area contributed by atoms with Crippen LogP contribution in [-0.4, -0.2) is 18.6 Å². The van der Waals surface area contributed by atoms with Crippen LogP contribution in [0.15, 0.2) is 30.9 Å². The molecule has 20 heavy (non-hydrogen) atoms. The van der Waals surface area contributed by atoms with E-state index in [9.17, 15) is 4.79 Å². The van der Waals surface area contributed by atoms with E-state index >= 15 is 0 Å². The first kappa shape index (κ1) is 14.8. The Bertz CT molecular complexity index is 482. The average molecular weight is 273 g/mol. The SMILES string of the molecule is C=CCCO[C@@H](C)C(=O)Nc1cccc2c1CCCC2. The van der Waals surface area contributed by atoms with Crippen LogP contribution in [0.5, 0.6) is 0 Å². The maximum absolute atomic E-state index is 12.1. The number of nitrogens with one attached hydrogen (secondary N) is 1. The van der Waals surface area contributed by atoms with Crippen molar-refractivity contribution < 1.29 is 9.53 Å². The van der Waals surface area contributed by atoms with Crippen molar-refractivity contribution in [2.45, 2.75) is 45.1 Å². The number of hydrogen-bond donors (Lipinski definition) is 1. The molecule has 1 aromatic carbocycles. The van der Waals surface area contributed by atoms with E-state index in [1.807, 2.05) is 12.1 Å². The highest BCUT2D eigenvalue weighted by atomic mass is 16.5. The Morgan fingerprint density at radius 2 is 2.25 bits per heavy atom. The van der Waals surface area contributed by atoms with Gasteiger partial charge in [-0.1, -0.05) is 18.2 Å². The van der Waals surface area contributed by atoms with Gasteiger partial charge in [0.25, 0.3) is 5.91 Å². The predicted molar refractivity (Wildman–Crippen MR) is 81.9 cm³/mol. The lowest BCUT2D eigenvalue weighted by molar-refractivity contribution is -0.126. The lowest BCUT2D eigenvalue weighted by Gasteiger charge is -2.20. The van der Waals surface area contributed by atoms with E-state index in [4.69, 9.17) is 4.74 Å². The third-order valence-electron chi connectivity index (χ3n) is 3.71. The van der Waals surface area contributed by atoms with Crippen LogP contribution in [0.2, 0.25) is 0 Å². The first-order valence-corrected chi connectivity index (χ1v) is 7.36. The molecule has 0 heterocycles. The average Bonchev–Trinajstić information content (AvgIpc) is 2.47. The monoisotopic (exact) mass is 273 g/mol. The van der Waals surface area contributed by atoms with Crippen LogP contribution in [0.3, 0.4) is 0 Å². The van der Waals surface area contributed by atoms with Crippen molar-refractivity contribution in [3.63, 3.8) is 0 Å². The second-order valence-corrected chi connectivity index (χ2v) is 5.23. The topological polar surface area (TPSA) is 38.3 Å². The summed E-state index contributed by atoms with van der Waals surface area (Å²) in [6.07, 6.45) is 6.73. The molecule has 108 valence electrons. The zero-order valence-electron chi connectivity index (χ0n) is 12.2. The van der Waals surface area contributed by atoms with Crippen LogP contribution in [0.4, 0.5) is 5.69 Å². The zero-order chi connectivity index (χ0) is 14.4. The predicted octanol–water partition coefficient (Wildman–Crippen LogP) is 3.49. The van der Waals surface area contributed by atoms with Gasteiger partial charge in [0, 0.05) is 5.69 Å². The van der Waals surface area contributed by atoms with E-state index in [0.29, 0.717) is 6.61 Å². The maximum atomic E-state index is 12.1. The molecular weight excluding hydrogens is 250 g/mol. The van der Waals surface area contributed by atoms with E-state index in [2.05, 4.69) is 18.0 Å². The van der Waals surface area contributed by atoms with Crippen molar-refractivity contribution in [1.82, 2.24) is 0 Å². The van der Waals surface area contributed by atoms with Crippen molar-refractivity contribution >= 4 is 11.6 Å². The number of rotatable bonds is 6. The summed E-state index contributed by atoms with van der Waals surface area (Å²) >= 11 is 0. The zero-order valence-corrected chi connectivity index (χ0v) is 12.2. The van der Waals surface area contributed by atoms with E-state index in [-0.39, 0.29) is 5.91 Å². The summed E-state index contributed by atoms with van der Waals surface area (Å²) in [7, 11) is 0. The molecule has 0 saturated heterocycles. The van der Waals surface area contributed by atoms with Crippen LogP contribution < -0.4 is 5.32 Å². The first-order valence-electron chi connectivity index (χ1n) is 7.36. The van der Waals surface area contributed by atoms with E-state index < -0.39 is 6.10 Å². The second-order valence-electron chi connectivity index (χ2n) is 5.23. The molecule has 0 unspecified atom stereocenters. The molecule has 0 fully saturated rings. The van der Waals surface area contributed by atoms with Gasteiger partial charge in [0.1, 0.15) is 6.10 Å². The highest BCUT2D eigenvalue weighted by Crippen LogP contribution is 2.27. The molecule has 3 nitrogen and oxygen atoms in total. The Labute approximate surface area is 121 Å². The summed E-state index contributed by atoms with van der Waals surface area (Å²) in [4.78, 5) is 12.1. The van der Waals surface area contributed by atoms with Gasteiger partial charge in [-0.3, -0.25) is 4.79 Å². The van der Waals surface area contributed by atoms with Crippen molar-refractivity contribution in [3.8, 4) is 0 Å². The lowest BCUT2D eigenvalue weighted by Crippen LogP contribution is -2.28. The Kier molecular flexibility index (Phi) is 5.36. The summed E-state index contributed by atoms with van der Waals surface area (Å²) in [5.41, 5.74) is 3.62. The highest BCUT2D eigenvalue weighted by Gasteiger charge is 2.17. The molecular formula is C17H23NO2. The van der Waals surface area contributed by atoms with Gasteiger partial charge < -0.3 is 10.1 Å². The number of benzene rings is 1. The number of amides is 1. The van der Waals surface area contributed by atoms with Gasteiger partial charge in [-0.05, 0) is 56.2 Å². The third-order valence-corrected chi connectivity index (χ3v) is 3.71. The molecule has 0 aliphatic heterocycles. The molecule has 2 rings (SSSR count). The van der Waals surface area contributed by atoms with Crippen molar-refractivity contribution in [3.05, 3.63) is 42.0 Å². The van der Waals surface area contributed by atoms with Gasteiger partial charge in [0.2, 0.25) is 0 Å². The largest absolute Gasteiger partial charge is 0.368 e. The minimum absolute atomic E-state index is 0.0759. The molecule has 1 aliphatic carbocycles. The van der Waals surface area contributed by atoms with Gasteiger partial charge >= 0.3 is 0 Å². The molecule has 1 atom stereocenters. The van der Waals surface area contributed by atoms with Gasteiger partial charge in [-0.25, -0.2) is 0 Å². The number of fused-ring (bicyclic) bond motifs is 1. The highest BCUT2D eigenvalue weighted by molar-refractivity contribution is 5.94. The van der Waals surface area contributed by atoms with Crippen molar-refractivity contribution in [2.24, 2.45) is 0 Å². The van der Waals surface area contributed by atoms with Crippen LogP contribution in [0, 0.1) is 0 Å². The van der Waals surface area contributed by atoms with E-state index in [0.717, 1.165) is 24.9 Å². The molecule has 1 amide bonds. The van der Waals surface area contributed by atoms with Crippen molar-refractivity contribution in [1.29, 1.82) is 0 Å². The Balaban J connectivity index is 1.99. The van der Waals surface area contributed by atoms with Gasteiger partial charge in [-0.2, -0.15) is 0 Å². The minimum Gasteiger partial charge on any atom is -0.368 e. The molecule has 0 radical (unpaired) electrons. The van der Waals surface area contributed by atoms with Crippen LogP contribution in [-0.2, 0) is 22.4 Å². The first-order chi connectivity index (χ1) is 9.72. The molecule has 3 heteroatoms.